The first-order chi connectivity index (χ1) is 8.90. The fourth-order valence-electron chi connectivity index (χ4n) is 3.77. The molecule has 0 amide bonds. The molecular formula is C17H31NO. The Morgan fingerprint density at radius 1 is 1.26 bits per heavy atom. The second-order valence-corrected chi connectivity index (χ2v) is 7.82. The van der Waals surface area contributed by atoms with Gasteiger partial charge in [0, 0.05) is 25.4 Å². The van der Waals surface area contributed by atoms with E-state index in [0.717, 1.165) is 37.6 Å². The number of nitrogens with zero attached hydrogens (tertiary/aromatic N) is 1. The van der Waals surface area contributed by atoms with Gasteiger partial charge in [-0.2, -0.15) is 0 Å². The Morgan fingerprint density at radius 2 is 2.00 bits per heavy atom. The lowest BCUT2D eigenvalue weighted by Gasteiger charge is -2.31. The minimum absolute atomic E-state index is 0.331. The zero-order chi connectivity index (χ0) is 14.0. The van der Waals surface area contributed by atoms with E-state index >= 15 is 0 Å². The molecule has 3 atom stereocenters. The van der Waals surface area contributed by atoms with E-state index in [0.29, 0.717) is 17.1 Å². The van der Waals surface area contributed by atoms with Gasteiger partial charge in [-0.25, -0.2) is 0 Å². The fourth-order valence-corrected chi connectivity index (χ4v) is 3.77. The van der Waals surface area contributed by atoms with Crippen molar-refractivity contribution < 1.29 is 4.79 Å². The van der Waals surface area contributed by atoms with Gasteiger partial charge in [0.05, 0.1) is 0 Å². The SMILES string of the molecule is CCC1CCC(=O)C(CN2CCC(C(C)(C)C)C2)C1. The molecule has 0 aromatic heterocycles. The van der Waals surface area contributed by atoms with Crippen LogP contribution in [0.15, 0.2) is 0 Å². The molecule has 3 unspecified atom stereocenters. The highest BCUT2D eigenvalue weighted by atomic mass is 16.1. The molecule has 2 fully saturated rings. The highest BCUT2D eigenvalue weighted by molar-refractivity contribution is 5.81. The van der Waals surface area contributed by atoms with Crippen LogP contribution in [-0.2, 0) is 4.79 Å². The van der Waals surface area contributed by atoms with Crippen molar-refractivity contribution in [2.45, 2.75) is 59.8 Å². The quantitative estimate of drug-likeness (QED) is 0.774. The van der Waals surface area contributed by atoms with Crippen molar-refractivity contribution in [2.75, 3.05) is 19.6 Å². The molecule has 2 rings (SSSR count). The van der Waals surface area contributed by atoms with Crippen LogP contribution in [0.1, 0.15) is 59.8 Å². The number of carbonyl (C=O) groups excluding carboxylic acids is 1. The van der Waals surface area contributed by atoms with E-state index in [1.807, 2.05) is 0 Å². The molecule has 1 aliphatic heterocycles. The first-order valence-corrected chi connectivity index (χ1v) is 8.15. The van der Waals surface area contributed by atoms with Crippen molar-refractivity contribution in [1.29, 1.82) is 0 Å². The molecule has 2 heteroatoms. The van der Waals surface area contributed by atoms with Gasteiger partial charge in [0.25, 0.3) is 0 Å². The largest absolute Gasteiger partial charge is 0.302 e. The summed E-state index contributed by atoms with van der Waals surface area (Å²) in [6.45, 7) is 12.7. The normalized spacial score (nSPS) is 33.9. The lowest BCUT2D eigenvalue weighted by atomic mass is 9.79. The second kappa shape index (κ2) is 5.95. The Balaban J connectivity index is 1.86. The molecule has 0 aromatic rings. The lowest BCUT2D eigenvalue weighted by molar-refractivity contribution is -0.126. The van der Waals surface area contributed by atoms with Crippen LogP contribution in [0.4, 0.5) is 0 Å². The summed E-state index contributed by atoms with van der Waals surface area (Å²) in [6.07, 6.45) is 5.66. The predicted molar refractivity (Wildman–Crippen MR) is 80.1 cm³/mol. The van der Waals surface area contributed by atoms with Crippen molar-refractivity contribution in [1.82, 2.24) is 4.90 Å². The Bertz CT molecular complexity index is 318. The van der Waals surface area contributed by atoms with Crippen molar-refractivity contribution >= 4 is 5.78 Å². The standard InChI is InChI=1S/C17H31NO/c1-5-13-6-7-16(19)14(10-13)11-18-9-8-15(12-18)17(2,3)4/h13-15H,5-12H2,1-4H3. The zero-order valence-corrected chi connectivity index (χ0v) is 13.2. The smallest absolute Gasteiger partial charge is 0.137 e. The maximum Gasteiger partial charge on any atom is 0.137 e. The number of likely N-dealkylation sites (tertiary alicyclic amines) is 1. The number of hydrogen-bond acceptors (Lipinski definition) is 2. The summed E-state index contributed by atoms with van der Waals surface area (Å²) in [7, 11) is 0. The molecule has 1 aliphatic carbocycles. The first-order valence-electron chi connectivity index (χ1n) is 8.15. The maximum atomic E-state index is 12.1. The lowest BCUT2D eigenvalue weighted by Crippen LogP contribution is -2.36. The summed E-state index contributed by atoms with van der Waals surface area (Å²) < 4.78 is 0. The molecule has 2 nitrogen and oxygen atoms in total. The van der Waals surface area contributed by atoms with Crippen LogP contribution in [-0.4, -0.2) is 30.3 Å². The molecule has 0 aromatic carbocycles. The third-order valence-electron chi connectivity index (χ3n) is 5.43. The Labute approximate surface area is 118 Å². The Kier molecular flexibility index (Phi) is 4.70. The van der Waals surface area contributed by atoms with Crippen LogP contribution in [0.5, 0.6) is 0 Å². The van der Waals surface area contributed by atoms with Gasteiger partial charge in [0.2, 0.25) is 0 Å². The van der Waals surface area contributed by atoms with Crippen molar-refractivity contribution in [3.8, 4) is 0 Å². The number of ketones is 1. The van der Waals surface area contributed by atoms with E-state index in [1.165, 1.54) is 25.9 Å². The van der Waals surface area contributed by atoms with Crippen LogP contribution in [0.2, 0.25) is 0 Å². The summed E-state index contributed by atoms with van der Waals surface area (Å²) in [4.78, 5) is 14.6. The molecule has 1 saturated carbocycles. The van der Waals surface area contributed by atoms with Crippen LogP contribution >= 0.6 is 0 Å². The number of hydrogen-bond donors (Lipinski definition) is 0. The van der Waals surface area contributed by atoms with Gasteiger partial charge in [0.15, 0.2) is 0 Å². The summed E-state index contributed by atoms with van der Waals surface area (Å²) >= 11 is 0. The highest BCUT2D eigenvalue weighted by Crippen LogP contribution is 2.35. The van der Waals surface area contributed by atoms with Crippen molar-refractivity contribution in [3.05, 3.63) is 0 Å². The van der Waals surface area contributed by atoms with Gasteiger partial charge in [0.1, 0.15) is 5.78 Å². The summed E-state index contributed by atoms with van der Waals surface area (Å²) in [5.41, 5.74) is 0.414. The topological polar surface area (TPSA) is 20.3 Å². The average Bonchev–Trinajstić information content (AvgIpc) is 2.80. The monoisotopic (exact) mass is 265 g/mol. The molecule has 1 saturated heterocycles. The molecule has 0 radical (unpaired) electrons. The van der Waals surface area contributed by atoms with E-state index in [-0.39, 0.29) is 0 Å². The van der Waals surface area contributed by atoms with Gasteiger partial charge in [-0.05, 0) is 43.1 Å². The van der Waals surface area contributed by atoms with Gasteiger partial charge in [-0.15, -0.1) is 0 Å². The van der Waals surface area contributed by atoms with Gasteiger partial charge >= 0.3 is 0 Å². The molecule has 110 valence electrons. The summed E-state index contributed by atoms with van der Waals surface area (Å²) in [5, 5.41) is 0. The van der Waals surface area contributed by atoms with Crippen molar-refractivity contribution in [2.24, 2.45) is 23.2 Å². The fraction of sp³-hybridized carbons (Fsp3) is 0.941. The third kappa shape index (κ3) is 3.81. The molecule has 19 heavy (non-hydrogen) atoms. The third-order valence-corrected chi connectivity index (χ3v) is 5.43. The maximum absolute atomic E-state index is 12.1. The molecule has 0 bridgehead atoms. The molecule has 2 aliphatic rings. The van der Waals surface area contributed by atoms with Gasteiger partial charge in [-0.3, -0.25) is 4.79 Å². The van der Waals surface area contributed by atoms with E-state index in [9.17, 15) is 4.79 Å². The van der Waals surface area contributed by atoms with Crippen LogP contribution in [0.25, 0.3) is 0 Å². The Morgan fingerprint density at radius 3 is 2.58 bits per heavy atom. The molecule has 0 N–H and O–H groups in total. The number of Topliss-reactive ketones (excluding diaryl/α,β-unsaturated/α-hetero) is 1. The minimum Gasteiger partial charge on any atom is -0.302 e. The van der Waals surface area contributed by atoms with Gasteiger partial charge in [-0.1, -0.05) is 34.1 Å². The van der Waals surface area contributed by atoms with E-state index in [1.54, 1.807) is 0 Å². The van der Waals surface area contributed by atoms with E-state index < -0.39 is 0 Å². The zero-order valence-electron chi connectivity index (χ0n) is 13.2. The van der Waals surface area contributed by atoms with E-state index in [2.05, 4.69) is 32.6 Å². The minimum atomic E-state index is 0.331. The van der Waals surface area contributed by atoms with Crippen molar-refractivity contribution in [3.63, 3.8) is 0 Å². The predicted octanol–water partition coefficient (Wildman–Crippen LogP) is 3.75. The number of carbonyl (C=O) groups is 1. The average molecular weight is 265 g/mol. The summed E-state index contributed by atoms with van der Waals surface area (Å²) in [5.74, 6) is 2.46. The van der Waals surface area contributed by atoms with E-state index in [4.69, 9.17) is 0 Å². The molecule has 0 spiro atoms. The van der Waals surface area contributed by atoms with Crippen LogP contribution < -0.4 is 0 Å². The van der Waals surface area contributed by atoms with Crippen LogP contribution in [0, 0.1) is 23.2 Å². The van der Waals surface area contributed by atoms with Gasteiger partial charge < -0.3 is 4.90 Å². The first kappa shape index (κ1) is 15.0. The summed E-state index contributed by atoms with van der Waals surface area (Å²) in [6, 6.07) is 0. The second-order valence-electron chi connectivity index (χ2n) is 7.82. The highest BCUT2D eigenvalue weighted by Gasteiger charge is 2.35. The Hall–Kier alpha value is -0.370. The number of rotatable bonds is 3. The van der Waals surface area contributed by atoms with Crippen LogP contribution in [0.3, 0.4) is 0 Å². The molecule has 1 heterocycles. The molecular weight excluding hydrogens is 234 g/mol.